The topological polar surface area (TPSA) is 54.5 Å². The van der Waals surface area contributed by atoms with E-state index in [1.807, 2.05) is 25.3 Å². The summed E-state index contributed by atoms with van der Waals surface area (Å²) in [5.74, 6) is 0.793. The number of hydrogen-bond acceptors (Lipinski definition) is 3. The summed E-state index contributed by atoms with van der Waals surface area (Å²) >= 11 is 3.39. The van der Waals surface area contributed by atoms with E-state index in [1.54, 1.807) is 12.4 Å². The molecule has 0 aliphatic rings. The van der Waals surface area contributed by atoms with Crippen molar-refractivity contribution in [2.75, 3.05) is 0 Å². The van der Waals surface area contributed by atoms with Gasteiger partial charge in [0.1, 0.15) is 5.82 Å². The Kier molecular flexibility index (Phi) is 2.40. The lowest BCUT2D eigenvalue weighted by Crippen LogP contribution is -1.83. The Balaban J connectivity index is 2.18. The summed E-state index contributed by atoms with van der Waals surface area (Å²) in [5, 5.41) is 0. The summed E-state index contributed by atoms with van der Waals surface area (Å²) in [6.07, 6.45) is 5.35. The van der Waals surface area contributed by atoms with Crippen LogP contribution in [0.3, 0.4) is 0 Å². The normalized spacial score (nSPS) is 10.9. The lowest BCUT2D eigenvalue weighted by atomic mass is 10.2. The van der Waals surface area contributed by atoms with Gasteiger partial charge in [-0.15, -0.1) is 0 Å². The molecule has 0 aromatic carbocycles. The van der Waals surface area contributed by atoms with E-state index in [0.717, 1.165) is 26.9 Å². The Morgan fingerprint density at radius 2 is 2.06 bits per heavy atom. The van der Waals surface area contributed by atoms with Crippen LogP contribution >= 0.6 is 15.9 Å². The predicted octanol–water partition coefficient (Wildman–Crippen LogP) is 3.09. The zero-order valence-corrected chi connectivity index (χ0v) is 10.7. The molecule has 3 heterocycles. The maximum atomic E-state index is 4.44. The number of pyridine rings is 2. The molecule has 3 rings (SSSR count). The number of fused-ring (bicyclic) bond motifs is 1. The first kappa shape index (κ1) is 10.4. The zero-order chi connectivity index (χ0) is 11.8. The molecule has 0 fully saturated rings. The molecule has 5 heteroatoms. The summed E-state index contributed by atoms with van der Waals surface area (Å²) in [5.41, 5.74) is 3.71. The van der Waals surface area contributed by atoms with Crippen LogP contribution in [0.15, 0.2) is 35.2 Å². The Hall–Kier alpha value is -1.75. The second-order valence-corrected chi connectivity index (χ2v) is 4.78. The molecule has 84 valence electrons. The van der Waals surface area contributed by atoms with Crippen molar-refractivity contribution in [2.24, 2.45) is 0 Å². The summed E-state index contributed by atoms with van der Waals surface area (Å²) in [4.78, 5) is 16.1. The fourth-order valence-electron chi connectivity index (χ4n) is 1.70. The average molecular weight is 289 g/mol. The molecule has 4 nitrogen and oxygen atoms in total. The van der Waals surface area contributed by atoms with Gasteiger partial charge < -0.3 is 4.98 Å². The molecule has 0 spiro atoms. The number of H-pyrrole nitrogens is 1. The van der Waals surface area contributed by atoms with Crippen molar-refractivity contribution in [3.8, 4) is 11.4 Å². The molecule has 3 aromatic heterocycles. The Morgan fingerprint density at radius 1 is 1.18 bits per heavy atom. The van der Waals surface area contributed by atoms with Crippen LogP contribution in [0.1, 0.15) is 5.56 Å². The van der Waals surface area contributed by atoms with Crippen molar-refractivity contribution in [1.29, 1.82) is 0 Å². The molecular weight excluding hydrogens is 280 g/mol. The van der Waals surface area contributed by atoms with Crippen molar-refractivity contribution in [3.63, 3.8) is 0 Å². The van der Waals surface area contributed by atoms with E-state index in [2.05, 4.69) is 35.9 Å². The largest absolute Gasteiger partial charge is 0.336 e. The summed E-state index contributed by atoms with van der Waals surface area (Å²) in [7, 11) is 0. The quantitative estimate of drug-likeness (QED) is 0.749. The number of nitrogens with zero attached hydrogens (tertiary/aromatic N) is 3. The molecule has 0 atom stereocenters. The third-order valence-corrected chi connectivity index (χ3v) is 2.89. The maximum absolute atomic E-state index is 4.44. The van der Waals surface area contributed by atoms with Crippen LogP contribution in [0.25, 0.3) is 22.6 Å². The first-order chi connectivity index (χ1) is 8.22. The number of aromatic nitrogens is 4. The van der Waals surface area contributed by atoms with Crippen molar-refractivity contribution in [1.82, 2.24) is 19.9 Å². The van der Waals surface area contributed by atoms with Gasteiger partial charge in [0.2, 0.25) is 0 Å². The maximum Gasteiger partial charge on any atom is 0.178 e. The zero-order valence-electron chi connectivity index (χ0n) is 9.11. The number of aryl methyl sites for hydroxylation is 1. The highest BCUT2D eigenvalue weighted by atomic mass is 79.9. The van der Waals surface area contributed by atoms with Crippen molar-refractivity contribution >= 4 is 27.1 Å². The second kappa shape index (κ2) is 3.92. The minimum absolute atomic E-state index is 0.713. The number of rotatable bonds is 1. The van der Waals surface area contributed by atoms with Crippen LogP contribution in [0.4, 0.5) is 0 Å². The van der Waals surface area contributed by atoms with Gasteiger partial charge in [-0.25, -0.2) is 9.97 Å². The lowest BCUT2D eigenvalue weighted by Gasteiger charge is -1.96. The SMILES string of the molecule is Cc1cncc(-c2nc3ncc(Br)cc3[nH]2)c1. The smallest absolute Gasteiger partial charge is 0.178 e. The van der Waals surface area contributed by atoms with Crippen molar-refractivity contribution < 1.29 is 0 Å². The van der Waals surface area contributed by atoms with Crippen LogP contribution < -0.4 is 0 Å². The van der Waals surface area contributed by atoms with E-state index in [9.17, 15) is 0 Å². The fourth-order valence-corrected chi connectivity index (χ4v) is 2.03. The second-order valence-electron chi connectivity index (χ2n) is 3.86. The highest BCUT2D eigenvalue weighted by Crippen LogP contribution is 2.21. The molecule has 0 saturated heterocycles. The van der Waals surface area contributed by atoms with Gasteiger partial charge in [0.15, 0.2) is 5.65 Å². The van der Waals surface area contributed by atoms with E-state index in [-0.39, 0.29) is 0 Å². The first-order valence-corrected chi connectivity index (χ1v) is 5.95. The van der Waals surface area contributed by atoms with Gasteiger partial charge in [0.25, 0.3) is 0 Å². The summed E-state index contributed by atoms with van der Waals surface area (Å²) < 4.78 is 0.933. The molecule has 1 N–H and O–H groups in total. The van der Waals surface area contributed by atoms with Gasteiger partial charge in [-0.05, 0) is 40.5 Å². The number of nitrogens with one attached hydrogen (secondary N) is 1. The Bertz CT molecular complexity index is 690. The highest BCUT2D eigenvalue weighted by molar-refractivity contribution is 9.10. The number of hydrogen-bond donors (Lipinski definition) is 1. The van der Waals surface area contributed by atoms with Crippen molar-refractivity contribution in [3.05, 3.63) is 40.8 Å². The predicted molar refractivity (Wildman–Crippen MR) is 69.6 cm³/mol. The molecule has 3 aromatic rings. The Labute approximate surface area is 106 Å². The van der Waals surface area contributed by atoms with E-state index >= 15 is 0 Å². The molecule has 0 saturated carbocycles. The standard InChI is InChI=1S/C12H9BrN4/c1-7-2-8(5-14-4-7)11-16-10-3-9(13)6-15-12(10)17-11/h2-6H,1H3,(H,15,16,17). The summed E-state index contributed by atoms with van der Waals surface area (Å²) in [6.45, 7) is 2.01. The van der Waals surface area contributed by atoms with Crippen LogP contribution in [0.2, 0.25) is 0 Å². The molecule has 0 amide bonds. The van der Waals surface area contributed by atoms with Gasteiger partial charge in [0, 0.05) is 28.6 Å². The van der Waals surface area contributed by atoms with Crippen LogP contribution in [0.5, 0.6) is 0 Å². The average Bonchev–Trinajstić information content (AvgIpc) is 2.72. The number of aromatic amines is 1. The van der Waals surface area contributed by atoms with Crippen LogP contribution in [-0.4, -0.2) is 19.9 Å². The molecule has 17 heavy (non-hydrogen) atoms. The molecule has 0 radical (unpaired) electrons. The molecule has 0 unspecified atom stereocenters. The molecule has 0 bridgehead atoms. The van der Waals surface area contributed by atoms with E-state index in [0.29, 0.717) is 5.65 Å². The van der Waals surface area contributed by atoms with E-state index in [1.165, 1.54) is 0 Å². The van der Waals surface area contributed by atoms with E-state index in [4.69, 9.17) is 0 Å². The van der Waals surface area contributed by atoms with Crippen LogP contribution in [-0.2, 0) is 0 Å². The lowest BCUT2D eigenvalue weighted by molar-refractivity contribution is 1.23. The Morgan fingerprint density at radius 3 is 2.88 bits per heavy atom. The number of imidazole rings is 1. The molecule has 0 aliphatic carbocycles. The third-order valence-electron chi connectivity index (χ3n) is 2.45. The van der Waals surface area contributed by atoms with Gasteiger partial charge in [-0.3, -0.25) is 4.98 Å². The van der Waals surface area contributed by atoms with Gasteiger partial charge >= 0.3 is 0 Å². The number of halogens is 1. The van der Waals surface area contributed by atoms with Gasteiger partial charge in [-0.1, -0.05) is 0 Å². The summed E-state index contributed by atoms with van der Waals surface area (Å²) in [6, 6.07) is 4.00. The minimum atomic E-state index is 0.713. The molecule has 0 aliphatic heterocycles. The fraction of sp³-hybridized carbons (Fsp3) is 0.0833. The van der Waals surface area contributed by atoms with Crippen molar-refractivity contribution in [2.45, 2.75) is 6.92 Å². The highest BCUT2D eigenvalue weighted by Gasteiger charge is 2.06. The van der Waals surface area contributed by atoms with Gasteiger partial charge in [-0.2, -0.15) is 0 Å². The molecular formula is C12H9BrN4. The van der Waals surface area contributed by atoms with Gasteiger partial charge in [0.05, 0.1) is 5.52 Å². The first-order valence-electron chi connectivity index (χ1n) is 5.16. The van der Waals surface area contributed by atoms with E-state index < -0.39 is 0 Å². The van der Waals surface area contributed by atoms with Crippen LogP contribution in [0, 0.1) is 6.92 Å². The minimum Gasteiger partial charge on any atom is -0.336 e. The monoisotopic (exact) mass is 288 g/mol. The third kappa shape index (κ3) is 1.93.